The van der Waals surface area contributed by atoms with Gasteiger partial charge < -0.3 is 15.0 Å². The zero-order chi connectivity index (χ0) is 20.5. The summed E-state index contributed by atoms with van der Waals surface area (Å²) in [6.07, 6.45) is 0. The summed E-state index contributed by atoms with van der Waals surface area (Å²) in [5, 5.41) is 3.37. The van der Waals surface area contributed by atoms with E-state index in [9.17, 15) is 8.42 Å². The molecule has 1 aliphatic heterocycles. The van der Waals surface area contributed by atoms with Gasteiger partial charge in [0.1, 0.15) is 11.4 Å². The van der Waals surface area contributed by atoms with Crippen molar-refractivity contribution < 1.29 is 13.2 Å². The van der Waals surface area contributed by atoms with Crippen LogP contribution in [0.5, 0.6) is 5.75 Å². The van der Waals surface area contributed by atoms with Crippen molar-refractivity contribution >= 4 is 15.8 Å². The molecule has 1 N–H and O–H groups in total. The van der Waals surface area contributed by atoms with Gasteiger partial charge in [-0.15, -0.1) is 0 Å². The number of benzene rings is 1. The van der Waals surface area contributed by atoms with Crippen LogP contribution in [0.4, 0.5) is 0 Å². The SMILES string of the molecule is CN=C(NCc1ccc(C)cc1OC(C)(C)C)N1CCS(=O)(=O)C(C)(C)C1. The van der Waals surface area contributed by atoms with Crippen LogP contribution in [0.3, 0.4) is 0 Å². The first kappa shape index (κ1) is 21.5. The number of ether oxygens (including phenoxy) is 1. The first-order chi connectivity index (χ1) is 12.3. The monoisotopic (exact) mass is 395 g/mol. The molecule has 0 saturated carbocycles. The number of sulfone groups is 1. The molecule has 0 bridgehead atoms. The first-order valence-corrected chi connectivity index (χ1v) is 11.0. The van der Waals surface area contributed by atoms with Gasteiger partial charge >= 0.3 is 0 Å². The first-order valence-electron chi connectivity index (χ1n) is 9.31. The maximum Gasteiger partial charge on any atom is 0.193 e. The van der Waals surface area contributed by atoms with Gasteiger partial charge in [-0.3, -0.25) is 4.99 Å². The minimum atomic E-state index is -3.08. The van der Waals surface area contributed by atoms with Gasteiger partial charge in [-0.05, 0) is 53.2 Å². The van der Waals surface area contributed by atoms with Gasteiger partial charge in [-0.1, -0.05) is 12.1 Å². The lowest BCUT2D eigenvalue weighted by atomic mass is 10.1. The molecular weight excluding hydrogens is 362 g/mol. The predicted octanol–water partition coefficient (Wildman–Crippen LogP) is 2.76. The van der Waals surface area contributed by atoms with Crippen molar-refractivity contribution in [2.45, 2.75) is 58.4 Å². The smallest absolute Gasteiger partial charge is 0.193 e. The molecule has 1 fully saturated rings. The molecule has 1 aliphatic rings. The van der Waals surface area contributed by atoms with Gasteiger partial charge in [0.05, 0.1) is 10.5 Å². The van der Waals surface area contributed by atoms with Crippen LogP contribution in [0.1, 0.15) is 45.7 Å². The number of aryl methyl sites for hydroxylation is 1. The second kappa shape index (κ2) is 7.70. The Hall–Kier alpha value is -1.76. The van der Waals surface area contributed by atoms with E-state index < -0.39 is 14.6 Å². The number of hydrogen-bond donors (Lipinski definition) is 1. The molecule has 1 heterocycles. The van der Waals surface area contributed by atoms with Crippen molar-refractivity contribution in [1.82, 2.24) is 10.2 Å². The van der Waals surface area contributed by atoms with Crippen molar-refractivity contribution in [3.8, 4) is 5.75 Å². The number of hydrogen-bond acceptors (Lipinski definition) is 4. The summed E-state index contributed by atoms with van der Waals surface area (Å²) in [4.78, 5) is 6.37. The Bertz CT molecular complexity index is 808. The van der Waals surface area contributed by atoms with Gasteiger partial charge in [-0.2, -0.15) is 0 Å². The van der Waals surface area contributed by atoms with Crippen LogP contribution in [0.2, 0.25) is 0 Å². The molecule has 1 aromatic carbocycles. The van der Waals surface area contributed by atoms with Gasteiger partial charge in [0.2, 0.25) is 0 Å². The van der Waals surface area contributed by atoms with Crippen molar-refractivity contribution in [2.75, 3.05) is 25.9 Å². The van der Waals surface area contributed by atoms with E-state index in [1.165, 1.54) is 0 Å². The largest absolute Gasteiger partial charge is 0.488 e. The van der Waals surface area contributed by atoms with Crippen LogP contribution in [0.15, 0.2) is 23.2 Å². The summed E-state index contributed by atoms with van der Waals surface area (Å²) < 4.78 is 29.8. The van der Waals surface area contributed by atoms with Crippen LogP contribution < -0.4 is 10.1 Å². The third kappa shape index (κ3) is 5.37. The lowest BCUT2D eigenvalue weighted by Crippen LogP contribution is -2.57. The second-order valence-corrected chi connectivity index (χ2v) is 11.5. The van der Waals surface area contributed by atoms with Crippen molar-refractivity contribution in [2.24, 2.45) is 4.99 Å². The Morgan fingerprint density at radius 2 is 2.00 bits per heavy atom. The van der Waals surface area contributed by atoms with E-state index in [0.29, 0.717) is 25.6 Å². The molecule has 27 heavy (non-hydrogen) atoms. The van der Waals surface area contributed by atoms with Crippen molar-refractivity contribution in [1.29, 1.82) is 0 Å². The second-order valence-electron chi connectivity index (χ2n) is 8.73. The zero-order valence-electron chi connectivity index (χ0n) is 17.6. The maximum absolute atomic E-state index is 12.2. The van der Waals surface area contributed by atoms with E-state index >= 15 is 0 Å². The van der Waals surface area contributed by atoms with Gasteiger partial charge in [0.15, 0.2) is 15.8 Å². The fraction of sp³-hybridized carbons (Fsp3) is 0.650. The summed E-state index contributed by atoms with van der Waals surface area (Å²) in [5.74, 6) is 1.70. The lowest BCUT2D eigenvalue weighted by molar-refractivity contribution is 0.129. The maximum atomic E-state index is 12.2. The van der Waals surface area contributed by atoms with Crippen LogP contribution in [0.25, 0.3) is 0 Å². The molecule has 0 amide bonds. The third-order valence-corrected chi connectivity index (χ3v) is 7.16. The van der Waals surface area contributed by atoms with Crippen molar-refractivity contribution in [3.63, 3.8) is 0 Å². The standard InChI is InChI=1S/C20H33N3O3S/c1-15-8-9-16(17(12-15)26-19(2,3)4)13-22-18(21-7)23-10-11-27(24,25)20(5,6)14-23/h8-9,12H,10-11,13-14H2,1-7H3,(H,21,22). The summed E-state index contributed by atoms with van der Waals surface area (Å²) in [6, 6.07) is 6.16. The van der Waals surface area contributed by atoms with Gasteiger partial charge in [0.25, 0.3) is 0 Å². The molecule has 152 valence electrons. The molecule has 0 aliphatic carbocycles. The highest BCUT2D eigenvalue weighted by Gasteiger charge is 2.40. The molecule has 1 aromatic rings. The lowest BCUT2D eigenvalue weighted by Gasteiger charge is -2.39. The molecule has 6 nitrogen and oxygen atoms in total. The fourth-order valence-corrected chi connectivity index (χ4v) is 4.43. The summed E-state index contributed by atoms with van der Waals surface area (Å²) >= 11 is 0. The van der Waals surface area contributed by atoms with Gasteiger partial charge in [-0.25, -0.2) is 8.42 Å². The number of guanidine groups is 1. The molecule has 0 unspecified atom stereocenters. The minimum absolute atomic E-state index is 0.142. The average molecular weight is 396 g/mol. The molecule has 7 heteroatoms. The summed E-state index contributed by atoms with van der Waals surface area (Å²) in [5.41, 5.74) is 1.90. The normalized spacial score (nSPS) is 19.7. The number of rotatable bonds is 3. The van der Waals surface area contributed by atoms with E-state index in [2.05, 4.69) is 22.4 Å². The van der Waals surface area contributed by atoms with E-state index in [-0.39, 0.29) is 11.4 Å². The van der Waals surface area contributed by atoms with Crippen LogP contribution in [0, 0.1) is 6.92 Å². The third-order valence-electron chi connectivity index (χ3n) is 4.63. The Balaban J connectivity index is 2.14. The predicted molar refractivity (Wildman–Crippen MR) is 111 cm³/mol. The van der Waals surface area contributed by atoms with Gasteiger partial charge in [0, 0.05) is 32.2 Å². The highest BCUT2D eigenvalue weighted by Crippen LogP contribution is 2.26. The molecule has 0 radical (unpaired) electrons. The Kier molecular flexibility index (Phi) is 6.14. The van der Waals surface area contributed by atoms with Crippen LogP contribution >= 0.6 is 0 Å². The van der Waals surface area contributed by atoms with E-state index in [1.807, 2.05) is 38.7 Å². The Morgan fingerprint density at radius 3 is 2.56 bits per heavy atom. The van der Waals surface area contributed by atoms with E-state index in [0.717, 1.165) is 16.9 Å². The molecule has 2 rings (SSSR count). The Labute approximate surface area is 163 Å². The van der Waals surface area contributed by atoms with E-state index in [4.69, 9.17) is 4.74 Å². The molecule has 1 saturated heterocycles. The minimum Gasteiger partial charge on any atom is -0.488 e. The fourth-order valence-electron chi connectivity index (χ4n) is 3.06. The average Bonchev–Trinajstić information content (AvgIpc) is 2.51. The van der Waals surface area contributed by atoms with Crippen molar-refractivity contribution in [3.05, 3.63) is 29.3 Å². The molecule has 0 atom stereocenters. The molecule has 0 aromatic heterocycles. The Morgan fingerprint density at radius 1 is 1.33 bits per heavy atom. The summed E-state index contributed by atoms with van der Waals surface area (Å²) in [6.45, 7) is 13.1. The van der Waals surface area contributed by atoms with E-state index in [1.54, 1.807) is 20.9 Å². The highest BCUT2D eigenvalue weighted by atomic mass is 32.2. The summed E-state index contributed by atoms with van der Waals surface area (Å²) in [7, 11) is -1.36. The topological polar surface area (TPSA) is 71.0 Å². The quantitative estimate of drug-likeness (QED) is 0.629. The number of nitrogens with zero attached hydrogens (tertiary/aromatic N) is 2. The number of nitrogens with one attached hydrogen (secondary N) is 1. The number of aliphatic imine (C=N–C) groups is 1. The zero-order valence-corrected chi connectivity index (χ0v) is 18.4. The van der Waals surface area contributed by atoms with Crippen LogP contribution in [-0.4, -0.2) is 55.5 Å². The van der Waals surface area contributed by atoms with Crippen LogP contribution in [-0.2, 0) is 16.4 Å². The highest BCUT2D eigenvalue weighted by molar-refractivity contribution is 7.92. The molecular formula is C20H33N3O3S. The molecule has 0 spiro atoms.